The first-order valence-corrected chi connectivity index (χ1v) is 6.82. The Labute approximate surface area is 112 Å². The van der Waals surface area contributed by atoms with E-state index in [1.54, 1.807) is 10.8 Å². The van der Waals surface area contributed by atoms with Gasteiger partial charge in [-0.3, -0.25) is 0 Å². The molecule has 0 aliphatic carbocycles. The van der Waals surface area contributed by atoms with Crippen molar-refractivity contribution in [1.29, 1.82) is 0 Å². The summed E-state index contributed by atoms with van der Waals surface area (Å²) in [4.78, 5) is 10.8. The largest absolute Gasteiger partial charge is 0.376 e. The summed E-state index contributed by atoms with van der Waals surface area (Å²) < 4.78 is 7.53. The lowest BCUT2D eigenvalue weighted by atomic mass is 10.2. The van der Waals surface area contributed by atoms with Gasteiger partial charge in [0, 0.05) is 31.5 Å². The van der Waals surface area contributed by atoms with Crippen molar-refractivity contribution >= 4 is 11.6 Å². The van der Waals surface area contributed by atoms with Gasteiger partial charge in [-0.2, -0.15) is 14.6 Å². The highest BCUT2D eigenvalue weighted by Crippen LogP contribution is 2.19. The van der Waals surface area contributed by atoms with Crippen LogP contribution in [0.3, 0.4) is 0 Å². The molecule has 1 aliphatic rings. The maximum Gasteiger partial charge on any atom is 0.254 e. The standard InChI is InChI=1S/C13H19N5O/c1-3-17(8-11-5-4-6-19-11)12-7-10(2)16-13-14-9-15-18(12)13/h7,9,11H,3-6,8H2,1-2H3. The lowest BCUT2D eigenvalue weighted by Crippen LogP contribution is -2.33. The van der Waals surface area contributed by atoms with Crippen LogP contribution in [0.15, 0.2) is 12.4 Å². The lowest BCUT2D eigenvalue weighted by molar-refractivity contribution is 0.115. The molecule has 3 heterocycles. The molecule has 0 spiro atoms. The first kappa shape index (κ1) is 12.3. The van der Waals surface area contributed by atoms with Crippen molar-refractivity contribution in [3.63, 3.8) is 0 Å². The van der Waals surface area contributed by atoms with E-state index in [0.29, 0.717) is 11.9 Å². The SMILES string of the molecule is CCN(CC1CCCO1)c1cc(C)nc2ncnn12. The normalized spacial score (nSPS) is 19.2. The number of hydrogen-bond donors (Lipinski definition) is 0. The van der Waals surface area contributed by atoms with Crippen molar-refractivity contribution < 1.29 is 4.74 Å². The van der Waals surface area contributed by atoms with Gasteiger partial charge in [0.2, 0.25) is 0 Å². The average Bonchev–Trinajstić information content (AvgIpc) is 3.05. The van der Waals surface area contributed by atoms with E-state index in [-0.39, 0.29) is 0 Å². The molecule has 6 heteroatoms. The van der Waals surface area contributed by atoms with E-state index in [0.717, 1.165) is 44.0 Å². The van der Waals surface area contributed by atoms with E-state index in [2.05, 4.69) is 33.0 Å². The molecule has 0 N–H and O–H groups in total. The highest BCUT2D eigenvalue weighted by molar-refractivity contribution is 5.47. The first-order chi connectivity index (χ1) is 9.28. The van der Waals surface area contributed by atoms with Crippen molar-refractivity contribution in [2.45, 2.75) is 32.8 Å². The summed E-state index contributed by atoms with van der Waals surface area (Å²) in [6.45, 7) is 6.83. The third-order valence-corrected chi connectivity index (χ3v) is 3.51. The minimum Gasteiger partial charge on any atom is -0.376 e. The molecule has 1 aliphatic heterocycles. The van der Waals surface area contributed by atoms with Crippen LogP contribution in [0.1, 0.15) is 25.5 Å². The average molecular weight is 261 g/mol. The molecule has 2 aromatic heterocycles. The molecule has 3 rings (SSSR count). The molecule has 1 unspecified atom stereocenters. The van der Waals surface area contributed by atoms with E-state index < -0.39 is 0 Å². The Kier molecular flexibility index (Phi) is 3.33. The molecule has 0 radical (unpaired) electrons. The number of aryl methyl sites for hydroxylation is 1. The van der Waals surface area contributed by atoms with Gasteiger partial charge in [0.05, 0.1) is 6.10 Å². The third-order valence-electron chi connectivity index (χ3n) is 3.51. The molecule has 102 valence electrons. The summed E-state index contributed by atoms with van der Waals surface area (Å²) in [6, 6.07) is 2.06. The van der Waals surface area contributed by atoms with E-state index in [9.17, 15) is 0 Å². The minimum absolute atomic E-state index is 0.326. The Morgan fingerprint density at radius 1 is 1.53 bits per heavy atom. The molecule has 0 saturated carbocycles. The number of anilines is 1. The van der Waals surface area contributed by atoms with Gasteiger partial charge in [-0.15, -0.1) is 0 Å². The van der Waals surface area contributed by atoms with Crippen LogP contribution in [0.4, 0.5) is 5.82 Å². The van der Waals surface area contributed by atoms with Crippen molar-refractivity contribution in [2.75, 3.05) is 24.6 Å². The van der Waals surface area contributed by atoms with Crippen LogP contribution in [0, 0.1) is 6.92 Å². The summed E-state index contributed by atoms with van der Waals surface area (Å²) >= 11 is 0. The third kappa shape index (κ3) is 2.40. The Bertz CT molecular complexity index is 561. The fourth-order valence-corrected chi connectivity index (χ4v) is 2.56. The Morgan fingerprint density at radius 3 is 3.16 bits per heavy atom. The molecule has 1 atom stereocenters. The molecule has 0 aromatic carbocycles. The van der Waals surface area contributed by atoms with Gasteiger partial charge in [-0.25, -0.2) is 4.98 Å². The summed E-state index contributed by atoms with van der Waals surface area (Å²) in [7, 11) is 0. The van der Waals surface area contributed by atoms with Crippen LogP contribution in [0.2, 0.25) is 0 Å². The zero-order valence-electron chi connectivity index (χ0n) is 11.4. The van der Waals surface area contributed by atoms with E-state index in [1.807, 2.05) is 6.92 Å². The second-order valence-electron chi connectivity index (χ2n) is 4.90. The fourth-order valence-electron chi connectivity index (χ4n) is 2.56. The van der Waals surface area contributed by atoms with Crippen LogP contribution in [0.25, 0.3) is 5.78 Å². The van der Waals surface area contributed by atoms with Crippen LogP contribution in [-0.4, -0.2) is 45.4 Å². The Hall–Kier alpha value is -1.69. The highest BCUT2D eigenvalue weighted by Gasteiger charge is 2.20. The predicted octanol–water partition coefficient (Wildman–Crippen LogP) is 1.44. The summed E-state index contributed by atoms with van der Waals surface area (Å²) in [6.07, 6.45) is 4.18. The monoisotopic (exact) mass is 261 g/mol. The van der Waals surface area contributed by atoms with E-state index >= 15 is 0 Å². The van der Waals surface area contributed by atoms with Crippen LogP contribution < -0.4 is 4.90 Å². The van der Waals surface area contributed by atoms with Crippen molar-refractivity contribution in [2.24, 2.45) is 0 Å². The quantitative estimate of drug-likeness (QED) is 0.833. The molecule has 19 heavy (non-hydrogen) atoms. The fraction of sp³-hybridized carbons (Fsp3) is 0.615. The number of nitrogens with zero attached hydrogens (tertiary/aromatic N) is 5. The van der Waals surface area contributed by atoms with Crippen molar-refractivity contribution in [3.05, 3.63) is 18.1 Å². The van der Waals surface area contributed by atoms with Gasteiger partial charge in [-0.05, 0) is 26.7 Å². The predicted molar refractivity (Wildman–Crippen MR) is 72.4 cm³/mol. The molecule has 1 fully saturated rings. The zero-order valence-corrected chi connectivity index (χ0v) is 11.4. The number of aromatic nitrogens is 4. The minimum atomic E-state index is 0.326. The van der Waals surface area contributed by atoms with Gasteiger partial charge in [0.25, 0.3) is 5.78 Å². The molecule has 2 aromatic rings. The number of ether oxygens (including phenoxy) is 1. The van der Waals surface area contributed by atoms with Crippen LogP contribution in [-0.2, 0) is 4.74 Å². The Balaban J connectivity index is 1.93. The van der Waals surface area contributed by atoms with Crippen molar-refractivity contribution in [3.8, 4) is 0 Å². The van der Waals surface area contributed by atoms with Gasteiger partial charge < -0.3 is 9.64 Å². The van der Waals surface area contributed by atoms with E-state index in [4.69, 9.17) is 4.74 Å². The summed E-state index contributed by atoms with van der Waals surface area (Å²) in [5.74, 6) is 1.69. The highest BCUT2D eigenvalue weighted by atomic mass is 16.5. The second kappa shape index (κ2) is 5.13. The molecule has 1 saturated heterocycles. The van der Waals surface area contributed by atoms with Gasteiger partial charge >= 0.3 is 0 Å². The maximum absolute atomic E-state index is 5.73. The lowest BCUT2D eigenvalue weighted by Gasteiger charge is -2.26. The maximum atomic E-state index is 5.73. The van der Waals surface area contributed by atoms with Crippen LogP contribution in [0.5, 0.6) is 0 Å². The van der Waals surface area contributed by atoms with E-state index in [1.165, 1.54) is 0 Å². The Morgan fingerprint density at radius 2 is 2.42 bits per heavy atom. The second-order valence-corrected chi connectivity index (χ2v) is 4.90. The zero-order chi connectivity index (χ0) is 13.2. The number of fused-ring (bicyclic) bond motifs is 1. The van der Waals surface area contributed by atoms with Crippen LogP contribution >= 0.6 is 0 Å². The molecular formula is C13H19N5O. The summed E-state index contributed by atoms with van der Waals surface area (Å²) in [5, 5.41) is 4.26. The molecule has 0 bridgehead atoms. The van der Waals surface area contributed by atoms with Gasteiger partial charge in [0.1, 0.15) is 12.1 Å². The van der Waals surface area contributed by atoms with Gasteiger partial charge in [-0.1, -0.05) is 0 Å². The first-order valence-electron chi connectivity index (χ1n) is 6.82. The molecular weight excluding hydrogens is 242 g/mol. The number of likely N-dealkylation sites (N-methyl/N-ethyl adjacent to an activating group) is 1. The van der Waals surface area contributed by atoms with Gasteiger partial charge in [0.15, 0.2) is 0 Å². The number of hydrogen-bond acceptors (Lipinski definition) is 5. The molecule has 6 nitrogen and oxygen atoms in total. The van der Waals surface area contributed by atoms with Crippen molar-refractivity contribution in [1.82, 2.24) is 19.6 Å². The summed E-state index contributed by atoms with van der Waals surface area (Å²) in [5.41, 5.74) is 0.960. The number of rotatable bonds is 4. The molecule has 0 amide bonds. The topological polar surface area (TPSA) is 55.5 Å². The smallest absolute Gasteiger partial charge is 0.254 e.